The largest absolute Gasteiger partial charge is 0.455 e. The van der Waals surface area contributed by atoms with Crippen LogP contribution in [0.3, 0.4) is 0 Å². The highest BCUT2D eigenvalue weighted by molar-refractivity contribution is 7.92. The van der Waals surface area contributed by atoms with Gasteiger partial charge in [0, 0.05) is 18.2 Å². The number of hydrogen-bond donors (Lipinski definition) is 4. The number of carbonyl (C=O) groups excluding carboxylic acids is 2. The summed E-state index contributed by atoms with van der Waals surface area (Å²) in [6.07, 6.45) is 1.60. The van der Waals surface area contributed by atoms with Crippen molar-refractivity contribution < 1.29 is 31.5 Å². The SMILES string of the molecule is Cl.NC(=O)c1ccc(S(=O)(=O)Nc2cc(F)ccc2Oc2ccc(F)cc2)cc1CC(=O)NCC1CCNCC1. The first-order valence-corrected chi connectivity index (χ1v) is 13.7. The summed E-state index contributed by atoms with van der Waals surface area (Å²) in [7, 11) is -4.33. The maximum atomic E-state index is 14.0. The fourth-order valence-electron chi connectivity index (χ4n) is 4.21. The number of rotatable bonds is 10. The molecule has 1 fully saturated rings. The molecule has 1 aliphatic rings. The Kier molecular flexibility index (Phi) is 10.4. The standard InChI is InChI=1S/C27H28F2N4O5S.ClH/c28-19-1-4-21(5-2-19)38-25-8-3-20(29)15-24(25)33-39(36,37)22-6-7-23(27(30)35)18(13-22)14-26(34)32-16-17-9-11-31-12-10-17;/h1-8,13,15,17,31,33H,9-12,14,16H2,(H2,30,35)(H,32,34);1H. The van der Waals surface area contributed by atoms with Crippen molar-refractivity contribution in [3.8, 4) is 11.5 Å². The van der Waals surface area contributed by atoms with Gasteiger partial charge in [0.1, 0.15) is 17.4 Å². The molecular weight excluding hydrogens is 566 g/mol. The van der Waals surface area contributed by atoms with Crippen molar-refractivity contribution in [3.63, 3.8) is 0 Å². The minimum absolute atomic E-state index is 0. The molecule has 0 aliphatic carbocycles. The lowest BCUT2D eigenvalue weighted by Gasteiger charge is -2.22. The summed E-state index contributed by atoms with van der Waals surface area (Å²) < 4.78 is 61.7. The van der Waals surface area contributed by atoms with Gasteiger partial charge in [0.15, 0.2) is 5.75 Å². The van der Waals surface area contributed by atoms with Gasteiger partial charge in [-0.2, -0.15) is 0 Å². The molecule has 40 heavy (non-hydrogen) atoms. The van der Waals surface area contributed by atoms with Crippen molar-refractivity contribution in [1.82, 2.24) is 10.6 Å². The van der Waals surface area contributed by atoms with E-state index in [2.05, 4.69) is 15.4 Å². The molecular formula is C27H29ClF2N4O5S. The number of primary amides is 1. The third kappa shape index (κ3) is 8.13. The summed E-state index contributed by atoms with van der Waals surface area (Å²) >= 11 is 0. The molecule has 1 heterocycles. The van der Waals surface area contributed by atoms with Crippen molar-refractivity contribution in [2.24, 2.45) is 11.7 Å². The van der Waals surface area contributed by atoms with Crippen LogP contribution < -0.4 is 25.8 Å². The fourth-order valence-corrected chi connectivity index (χ4v) is 5.32. The number of anilines is 1. The van der Waals surface area contributed by atoms with E-state index in [4.69, 9.17) is 10.5 Å². The average molecular weight is 595 g/mol. The first kappa shape index (κ1) is 30.8. The first-order chi connectivity index (χ1) is 18.6. The minimum Gasteiger partial charge on any atom is -0.455 e. The van der Waals surface area contributed by atoms with E-state index in [1.807, 2.05) is 0 Å². The highest BCUT2D eigenvalue weighted by Crippen LogP contribution is 2.32. The second kappa shape index (κ2) is 13.6. The fraction of sp³-hybridized carbons (Fsp3) is 0.259. The van der Waals surface area contributed by atoms with Gasteiger partial charge in [-0.3, -0.25) is 14.3 Å². The Hall–Kier alpha value is -3.74. The van der Waals surface area contributed by atoms with E-state index in [9.17, 15) is 26.8 Å². The molecule has 0 bridgehead atoms. The predicted molar refractivity (Wildman–Crippen MR) is 148 cm³/mol. The number of hydrogen-bond acceptors (Lipinski definition) is 6. The Morgan fingerprint density at radius 3 is 2.33 bits per heavy atom. The number of carbonyl (C=O) groups is 2. The van der Waals surface area contributed by atoms with Crippen LogP contribution in [-0.4, -0.2) is 39.9 Å². The maximum Gasteiger partial charge on any atom is 0.262 e. The quantitative estimate of drug-likeness (QED) is 0.282. The Morgan fingerprint density at radius 2 is 1.65 bits per heavy atom. The Morgan fingerprint density at radius 1 is 0.975 bits per heavy atom. The lowest BCUT2D eigenvalue weighted by atomic mass is 9.98. The normalized spacial score (nSPS) is 13.7. The van der Waals surface area contributed by atoms with Crippen LogP contribution in [0.2, 0.25) is 0 Å². The first-order valence-electron chi connectivity index (χ1n) is 12.3. The van der Waals surface area contributed by atoms with Crippen molar-refractivity contribution in [2.45, 2.75) is 24.2 Å². The van der Waals surface area contributed by atoms with Crippen LogP contribution in [0.15, 0.2) is 65.6 Å². The van der Waals surface area contributed by atoms with Gasteiger partial charge in [0.25, 0.3) is 10.0 Å². The molecule has 214 valence electrons. The minimum atomic E-state index is -4.33. The van der Waals surface area contributed by atoms with Crippen LogP contribution >= 0.6 is 12.4 Å². The maximum absolute atomic E-state index is 14.0. The second-order valence-corrected chi connectivity index (χ2v) is 10.8. The van der Waals surface area contributed by atoms with E-state index in [-0.39, 0.29) is 57.9 Å². The molecule has 0 aromatic heterocycles. The molecule has 2 amide bonds. The summed E-state index contributed by atoms with van der Waals surface area (Å²) in [5.41, 5.74) is 5.40. The van der Waals surface area contributed by atoms with E-state index in [0.29, 0.717) is 12.5 Å². The van der Waals surface area contributed by atoms with Crippen LogP contribution in [-0.2, 0) is 21.2 Å². The molecule has 4 rings (SSSR count). The smallest absolute Gasteiger partial charge is 0.262 e. The Balaban J connectivity index is 0.00000441. The lowest BCUT2D eigenvalue weighted by molar-refractivity contribution is -0.120. The third-order valence-electron chi connectivity index (χ3n) is 6.28. The molecule has 3 aromatic rings. The van der Waals surface area contributed by atoms with E-state index in [1.165, 1.54) is 36.4 Å². The van der Waals surface area contributed by atoms with Crippen LogP contribution in [0.5, 0.6) is 11.5 Å². The van der Waals surface area contributed by atoms with Gasteiger partial charge in [-0.25, -0.2) is 17.2 Å². The summed E-state index contributed by atoms with van der Waals surface area (Å²) in [6.45, 7) is 2.23. The van der Waals surface area contributed by atoms with Gasteiger partial charge >= 0.3 is 0 Å². The molecule has 1 aliphatic heterocycles. The number of nitrogens with one attached hydrogen (secondary N) is 3. The third-order valence-corrected chi connectivity index (χ3v) is 7.64. The molecule has 0 radical (unpaired) electrons. The van der Waals surface area contributed by atoms with Crippen molar-refractivity contribution in [2.75, 3.05) is 24.4 Å². The molecule has 0 spiro atoms. The summed E-state index contributed by atoms with van der Waals surface area (Å²) in [5, 5.41) is 6.09. The summed E-state index contributed by atoms with van der Waals surface area (Å²) in [6, 6.07) is 11.8. The monoisotopic (exact) mass is 594 g/mol. The number of sulfonamides is 1. The van der Waals surface area contributed by atoms with Crippen molar-refractivity contribution >= 4 is 39.9 Å². The highest BCUT2D eigenvalue weighted by Gasteiger charge is 2.22. The Labute approximate surface area is 236 Å². The highest BCUT2D eigenvalue weighted by atomic mass is 35.5. The number of piperidine rings is 1. The molecule has 0 saturated carbocycles. The zero-order valence-electron chi connectivity index (χ0n) is 21.3. The second-order valence-electron chi connectivity index (χ2n) is 9.16. The molecule has 0 atom stereocenters. The van der Waals surface area contributed by atoms with E-state index < -0.39 is 27.6 Å². The van der Waals surface area contributed by atoms with Gasteiger partial charge in [0.2, 0.25) is 11.8 Å². The number of halogens is 3. The summed E-state index contributed by atoms with van der Waals surface area (Å²) in [5.74, 6) is -1.90. The zero-order chi connectivity index (χ0) is 28.0. The number of amides is 2. The molecule has 5 N–H and O–H groups in total. The molecule has 13 heteroatoms. The van der Waals surface area contributed by atoms with Gasteiger partial charge in [-0.05, 0) is 92.0 Å². The lowest BCUT2D eigenvalue weighted by Crippen LogP contribution is -2.36. The molecule has 0 unspecified atom stereocenters. The summed E-state index contributed by atoms with van der Waals surface area (Å²) in [4.78, 5) is 24.3. The van der Waals surface area contributed by atoms with E-state index in [0.717, 1.165) is 50.2 Å². The molecule has 1 saturated heterocycles. The number of nitrogens with two attached hydrogens (primary N) is 1. The van der Waals surface area contributed by atoms with E-state index in [1.54, 1.807) is 0 Å². The van der Waals surface area contributed by atoms with Gasteiger partial charge in [-0.1, -0.05) is 0 Å². The topological polar surface area (TPSA) is 140 Å². The van der Waals surface area contributed by atoms with Crippen molar-refractivity contribution in [3.05, 3.63) is 83.4 Å². The van der Waals surface area contributed by atoms with E-state index >= 15 is 0 Å². The van der Waals surface area contributed by atoms with Crippen LogP contribution in [0.4, 0.5) is 14.5 Å². The van der Waals surface area contributed by atoms with Crippen LogP contribution in [0.25, 0.3) is 0 Å². The molecule has 9 nitrogen and oxygen atoms in total. The van der Waals surface area contributed by atoms with Crippen molar-refractivity contribution in [1.29, 1.82) is 0 Å². The predicted octanol–water partition coefficient (Wildman–Crippen LogP) is 3.74. The van der Waals surface area contributed by atoms with Gasteiger partial charge in [0.05, 0.1) is 17.0 Å². The van der Waals surface area contributed by atoms with Crippen LogP contribution in [0.1, 0.15) is 28.8 Å². The van der Waals surface area contributed by atoms with Crippen LogP contribution in [0, 0.1) is 17.6 Å². The number of ether oxygens (including phenoxy) is 1. The van der Waals surface area contributed by atoms with Gasteiger partial charge < -0.3 is 21.1 Å². The Bertz CT molecular complexity index is 1470. The zero-order valence-corrected chi connectivity index (χ0v) is 22.9. The number of benzene rings is 3. The average Bonchev–Trinajstić information content (AvgIpc) is 2.90. The molecule has 3 aromatic carbocycles. The van der Waals surface area contributed by atoms with Gasteiger partial charge in [-0.15, -0.1) is 12.4 Å².